The van der Waals surface area contributed by atoms with Crippen LogP contribution in [0.25, 0.3) is 0 Å². The molecule has 0 aliphatic rings. The highest BCUT2D eigenvalue weighted by Crippen LogP contribution is 2.10. The predicted octanol–water partition coefficient (Wildman–Crippen LogP) is 2.88. The minimum absolute atomic E-state index is 0.430. The first-order valence-corrected chi connectivity index (χ1v) is 6.71. The molecule has 0 aromatic carbocycles. The maximum Gasteiger partial charge on any atom is 0.0292 e. The first-order valence-electron chi connectivity index (χ1n) is 5.55. The lowest BCUT2D eigenvalue weighted by Gasteiger charge is -2.13. The minimum atomic E-state index is 0.430. The van der Waals surface area contributed by atoms with E-state index in [1.165, 1.54) is 23.5 Å². The molecule has 0 amide bonds. The molecule has 0 aliphatic heterocycles. The van der Waals surface area contributed by atoms with Crippen molar-refractivity contribution in [3.63, 3.8) is 0 Å². The monoisotopic (exact) mass is 224 g/mol. The maximum atomic E-state index is 4.02. The molecule has 0 bridgehead atoms. The van der Waals surface area contributed by atoms with Crippen molar-refractivity contribution in [1.29, 1.82) is 0 Å². The molecule has 0 spiro atoms. The van der Waals surface area contributed by atoms with Gasteiger partial charge in [-0.25, -0.2) is 0 Å². The Balaban J connectivity index is 2.16. The van der Waals surface area contributed by atoms with Gasteiger partial charge in [0, 0.05) is 18.4 Å². The van der Waals surface area contributed by atoms with Crippen LogP contribution in [-0.4, -0.2) is 23.0 Å². The zero-order valence-corrected chi connectivity index (χ0v) is 10.4. The van der Waals surface area contributed by atoms with Crippen LogP contribution in [0, 0.1) is 0 Å². The first kappa shape index (κ1) is 12.5. The molecule has 1 heterocycles. The fourth-order valence-electron chi connectivity index (χ4n) is 1.41. The zero-order valence-electron chi connectivity index (χ0n) is 9.57. The minimum Gasteiger partial charge on any atom is -0.310 e. The fourth-order valence-corrected chi connectivity index (χ4v) is 2.04. The molecular weight excluding hydrogens is 204 g/mol. The van der Waals surface area contributed by atoms with E-state index in [1.807, 2.05) is 24.2 Å². The Morgan fingerprint density at radius 2 is 2.13 bits per heavy atom. The fraction of sp³-hybridized carbons (Fsp3) is 0.583. The van der Waals surface area contributed by atoms with Crippen molar-refractivity contribution in [1.82, 2.24) is 10.3 Å². The molecule has 1 unspecified atom stereocenters. The highest BCUT2D eigenvalue weighted by Gasteiger charge is 2.02. The molecule has 0 saturated heterocycles. The van der Waals surface area contributed by atoms with Gasteiger partial charge in [-0.2, -0.15) is 11.8 Å². The summed E-state index contributed by atoms with van der Waals surface area (Å²) in [6.45, 7) is 5.50. The SMILES string of the molecule is CCSCCCNC(C)c1ccncc1. The summed E-state index contributed by atoms with van der Waals surface area (Å²) in [5.74, 6) is 2.48. The lowest BCUT2D eigenvalue weighted by atomic mass is 10.1. The first-order chi connectivity index (χ1) is 7.34. The van der Waals surface area contributed by atoms with E-state index < -0.39 is 0 Å². The van der Waals surface area contributed by atoms with E-state index in [0.29, 0.717) is 6.04 Å². The van der Waals surface area contributed by atoms with Gasteiger partial charge in [-0.1, -0.05) is 6.92 Å². The Hall–Kier alpha value is -0.540. The highest BCUT2D eigenvalue weighted by atomic mass is 32.2. The topological polar surface area (TPSA) is 24.9 Å². The van der Waals surface area contributed by atoms with Crippen molar-refractivity contribution in [2.24, 2.45) is 0 Å². The summed E-state index contributed by atoms with van der Waals surface area (Å²) >= 11 is 2.01. The second-order valence-corrected chi connectivity index (χ2v) is 4.90. The second kappa shape index (κ2) is 7.71. The number of nitrogens with one attached hydrogen (secondary N) is 1. The number of hydrogen-bond acceptors (Lipinski definition) is 3. The normalized spacial score (nSPS) is 12.7. The summed E-state index contributed by atoms with van der Waals surface area (Å²) in [4.78, 5) is 4.02. The Morgan fingerprint density at radius 1 is 1.40 bits per heavy atom. The Morgan fingerprint density at radius 3 is 2.80 bits per heavy atom. The number of pyridine rings is 1. The third kappa shape index (κ3) is 5.19. The third-order valence-electron chi connectivity index (χ3n) is 2.33. The molecule has 1 aromatic rings. The van der Waals surface area contributed by atoms with Gasteiger partial charge in [0.15, 0.2) is 0 Å². The van der Waals surface area contributed by atoms with Crippen molar-refractivity contribution in [2.45, 2.75) is 26.3 Å². The summed E-state index contributed by atoms with van der Waals surface area (Å²) in [6.07, 6.45) is 4.94. The van der Waals surface area contributed by atoms with Crippen LogP contribution in [0.3, 0.4) is 0 Å². The molecule has 1 N–H and O–H groups in total. The van der Waals surface area contributed by atoms with Crippen molar-refractivity contribution < 1.29 is 0 Å². The van der Waals surface area contributed by atoms with Crippen molar-refractivity contribution in [2.75, 3.05) is 18.1 Å². The molecule has 1 aromatic heterocycles. The smallest absolute Gasteiger partial charge is 0.0292 e. The standard InChI is InChI=1S/C12H20N2S/c1-3-15-10-4-7-14-11(2)12-5-8-13-9-6-12/h5-6,8-9,11,14H,3-4,7,10H2,1-2H3. The molecule has 15 heavy (non-hydrogen) atoms. The number of rotatable bonds is 7. The Kier molecular flexibility index (Phi) is 6.44. The van der Waals surface area contributed by atoms with E-state index in [1.54, 1.807) is 0 Å². The van der Waals surface area contributed by atoms with Crippen LogP contribution in [0.2, 0.25) is 0 Å². The summed E-state index contributed by atoms with van der Waals surface area (Å²) < 4.78 is 0. The molecule has 0 aliphatic carbocycles. The Bertz CT molecular complexity index is 251. The van der Waals surface area contributed by atoms with E-state index in [9.17, 15) is 0 Å². The van der Waals surface area contributed by atoms with Crippen molar-refractivity contribution >= 4 is 11.8 Å². The van der Waals surface area contributed by atoms with Crippen molar-refractivity contribution in [3.05, 3.63) is 30.1 Å². The molecule has 0 fully saturated rings. The van der Waals surface area contributed by atoms with Gasteiger partial charge >= 0.3 is 0 Å². The van der Waals surface area contributed by atoms with E-state index in [2.05, 4.69) is 36.3 Å². The summed E-state index contributed by atoms with van der Waals surface area (Å²) in [5.41, 5.74) is 1.31. The second-order valence-electron chi connectivity index (χ2n) is 3.51. The van der Waals surface area contributed by atoms with Crippen LogP contribution in [0.4, 0.5) is 0 Å². The van der Waals surface area contributed by atoms with Gasteiger partial charge in [0.05, 0.1) is 0 Å². The van der Waals surface area contributed by atoms with E-state index in [-0.39, 0.29) is 0 Å². The Labute approximate surface area is 96.9 Å². The lowest BCUT2D eigenvalue weighted by Crippen LogP contribution is -2.20. The highest BCUT2D eigenvalue weighted by molar-refractivity contribution is 7.99. The average molecular weight is 224 g/mol. The molecule has 3 heteroatoms. The summed E-state index contributed by atoms with van der Waals surface area (Å²) in [6, 6.07) is 4.57. The molecule has 1 rings (SSSR count). The quantitative estimate of drug-likeness (QED) is 0.721. The van der Waals surface area contributed by atoms with E-state index in [4.69, 9.17) is 0 Å². The largest absolute Gasteiger partial charge is 0.310 e. The average Bonchev–Trinajstić information content (AvgIpc) is 2.30. The van der Waals surface area contributed by atoms with Gasteiger partial charge in [-0.3, -0.25) is 4.98 Å². The lowest BCUT2D eigenvalue weighted by molar-refractivity contribution is 0.572. The summed E-state index contributed by atoms with van der Waals surface area (Å²) in [7, 11) is 0. The van der Waals surface area contributed by atoms with Crippen LogP contribution in [-0.2, 0) is 0 Å². The van der Waals surface area contributed by atoms with Crippen LogP contribution in [0.1, 0.15) is 31.9 Å². The van der Waals surface area contributed by atoms with E-state index in [0.717, 1.165) is 6.54 Å². The van der Waals surface area contributed by atoms with Gasteiger partial charge in [0.25, 0.3) is 0 Å². The van der Waals surface area contributed by atoms with E-state index >= 15 is 0 Å². The zero-order chi connectivity index (χ0) is 10.9. The number of thioether (sulfide) groups is 1. The number of aromatic nitrogens is 1. The molecule has 1 atom stereocenters. The van der Waals surface area contributed by atoms with Gasteiger partial charge < -0.3 is 5.32 Å². The number of nitrogens with zero attached hydrogens (tertiary/aromatic N) is 1. The van der Waals surface area contributed by atoms with Gasteiger partial charge in [-0.05, 0) is 49.1 Å². The molecule has 2 nitrogen and oxygen atoms in total. The third-order valence-corrected chi connectivity index (χ3v) is 3.31. The van der Waals surface area contributed by atoms with Crippen LogP contribution >= 0.6 is 11.8 Å². The number of hydrogen-bond donors (Lipinski definition) is 1. The molecule has 0 radical (unpaired) electrons. The molecule has 84 valence electrons. The summed E-state index contributed by atoms with van der Waals surface area (Å²) in [5, 5.41) is 3.52. The van der Waals surface area contributed by atoms with Crippen LogP contribution in [0.5, 0.6) is 0 Å². The predicted molar refractivity (Wildman–Crippen MR) is 68.3 cm³/mol. The molecular formula is C12H20N2S. The van der Waals surface area contributed by atoms with Gasteiger partial charge in [0.1, 0.15) is 0 Å². The van der Waals surface area contributed by atoms with Gasteiger partial charge in [0.2, 0.25) is 0 Å². The van der Waals surface area contributed by atoms with Crippen LogP contribution in [0.15, 0.2) is 24.5 Å². The van der Waals surface area contributed by atoms with Crippen molar-refractivity contribution in [3.8, 4) is 0 Å². The van der Waals surface area contributed by atoms with Gasteiger partial charge in [-0.15, -0.1) is 0 Å². The maximum absolute atomic E-state index is 4.02. The molecule has 0 saturated carbocycles. The van der Waals surface area contributed by atoms with Crippen LogP contribution < -0.4 is 5.32 Å².